The predicted molar refractivity (Wildman–Crippen MR) is 114 cm³/mol. The van der Waals surface area contributed by atoms with Gasteiger partial charge in [-0.2, -0.15) is 4.68 Å². The van der Waals surface area contributed by atoms with Crippen molar-refractivity contribution >= 4 is 29.1 Å². The second-order valence-corrected chi connectivity index (χ2v) is 8.31. The molecule has 29 heavy (non-hydrogen) atoms. The van der Waals surface area contributed by atoms with Crippen LogP contribution in [-0.4, -0.2) is 37.1 Å². The first-order valence-electron chi connectivity index (χ1n) is 9.32. The van der Waals surface area contributed by atoms with Gasteiger partial charge >= 0.3 is 0 Å². The lowest BCUT2D eigenvalue weighted by molar-refractivity contribution is -0.115. The molecule has 3 rings (SSSR count). The van der Waals surface area contributed by atoms with Crippen molar-refractivity contribution in [3.05, 3.63) is 59.7 Å². The molecule has 2 aromatic carbocycles. The number of carbonyl (C=O) groups is 2. The van der Waals surface area contributed by atoms with E-state index in [9.17, 15) is 9.59 Å². The molecular weight excluding hydrogens is 386 g/mol. The van der Waals surface area contributed by atoms with Crippen LogP contribution in [0.4, 0.5) is 5.69 Å². The number of hydrogen-bond donors (Lipinski definition) is 1. The quantitative estimate of drug-likeness (QED) is 0.467. The topological polar surface area (TPSA) is 89.8 Å². The van der Waals surface area contributed by atoms with Crippen LogP contribution in [0, 0.1) is 0 Å². The highest BCUT2D eigenvalue weighted by atomic mass is 32.2. The number of Topliss-reactive ketones (excluding diaryl/α,β-unsaturated/α-hetero) is 1. The van der Waals surface area contributed by atoms with Crippen LogP contribution < -0.4 is 5.32 Å². The van der Waals surface area contributed by atoms with E-state index < -0.39 is 5.25 Å². The third-order valence-corrected chi connectivity index (χ3v) is 5.47. The van der Waals surface area contributed by atoms with Crippen LogP contribution in [0.2, 0.25) is 0 Å². The number of tetrazole rings is 1. The molecule has 1 N–H and O–H groups in total. The fourth-order valence-corrected chi connectivity index (χ4v) is 3.49. The van der Waals surface area contributed by atoms with Crippen molar-refractivity contribution in [2.45, 2.75) is 44.0 Å². The first-order chi connectivity index (χ1) is 13.8. The summed E-state index contributed by atoms with van der Waals surface area (Å²) in [5, 5.41) is 14.8. The molecule has 7 nitrogen and oxygen atoms in total. The SMILES string of the molecule is CC(=O)c1cccc(NC(=O)[C@@H](C)Sc2nnnn2-c2ccc(C(C)C)cc2)c1. The van der Waals surface area contributed by atoms with E-state index >= 15 is 0 Å². The molecule has 1 heterocycles. The van der Waals surface area contributed by atoms with Gasteiger partial charge in [0.25, 0.3) is 0 Å². The molecule has 0 aliphatic rings. The lowest BCUT2D eigenvalue weighted by Crippen LogP contribution is -2.23. The Hall–Kier alpha value is -3.00. The number of benzene rings is 2. The summed E-state index contributed by atoms with van der Waals surface area (Å²) >= 11 is 1.27. The molecule has 0 aliphatic carbocycles. The van der Waals surface area contributed by atoms with Gasteiger partial charge in [-0.05, 0) is 60.0 Å². The molecule has 0 radical (unpaired) electrons. The van der Waals surface area contributed by atoms with Gasteiger partial charge in [-0.15, -0.1) is 5.10 Å². The normalized spacial score (nSPS) is 12.0. The number of nitrogens with zero attached hydrogens (tertiary/aromatic N) is 4. The lowest BCUT2D eigenvalue weighted by atomic mass is 10.0. The maximum Gasteiger partial charge on any atom is 0.237 e. The Labute approximate surface area is 173 Å². The van der Waals surface area contributed by atoms with Crippen molar-refractivity contribution < 1.29 is 9.59 Å². The third kappa shape index (κ3) is 5.08. The van der Waals surface area contributed by atoms with Crippen LogP contribution >= 0.6 is 11.8 Å². The number of rotatable bonds is 7. The van der Waals surface area contributed by atoms with Gasteiger partial charge in [0.15, 0.2) is 5.78 Å². The van der Waals surface area contributed by atoms with Gasteiger partial charge in [0, 0.05) is 11.3 Å². The summed E-state index contributed by atoms with van der Waals surface area (Å²) in [6.45, 7) is 7.56. The Balaban J connectivity index is 1.70. The summed E-state index contributed by atoms with van der Waals surface area (Å²) in [6, 6.07) is 14.9. The summed E-state index contributed by atoms with van der Waals surface area (Å²) in [5.41, 5.74) is 3.20. The number of anilines is 1. The fourth-order valence-electron chi connectivity index (χ4n) is 2.69. The summed E-state index contributed by atoms with van der Waals surface area (Å²) < 4.78 is 1.62. The first kappa shape index (κ1) is 20.7. The van der Waals surface area contributed by atoms with Crippen LogP contribution in [0.3, 0.4) is 0 Å². The third-order valence-electron chi connectivity index (χ3n) is 4.43. The minimum Gasteiger partial charge on any atom is -0.325 e. The summed E-state index contributed by atoms with van der Waals surface area (Å²) in [7, 11) is 0. The number of aromatic nitrogens is 4. The van der Waals surface area contributed by atoms with Gasteiger partial charge < -0.3 is 5.32 Å². The van der Waals surface area contributed by atoms with Gasteiger partial charge in [0.1, 0.15) is 0 Å². The maximum absolute atomic E-state index is 12.6. The number of thioether (sulfide) groups is 1. The summed E-state index contributed by atoms with van der Waals surface area (Å²) in [6.07, 6.45) is 0. The molecule has 1 amide bonds. The molecule has 0 aliphatic heterocycles. The molecule has 8 heteroatoms. The van der Waals surface area contributed by atoms with E-state index in [0.29, 0.717) is 22.3 Å². The molecule has 1 atom stereocenters. The molecule has 0 bridgehead atoms. The summed E-state index contributed by atoms with van der Waals surface area (Å²) in [5.74, 6) is 0.198. The van der Waals surface area contributed by atoms with E-state index in [-0.39, 0.29) is 11.7 Å². The Morgan fingerprint density at radius 3 is 2.45 bits per heavy atom. The Morgan fingerprint density at radius 2 is 1.79 bits per heavy atom. The monoisotopic (exact) mass is 409 g/mol. The van der Waals surface area contributed by atoms with Crippen molar-refractivity contribution in [3.63, 3.8) is 0 Å². The van der Waals surface area contributed by atoms with Crippen LogP contribution in [-0.2, 0) is 4.79 Å². The van der Waals surface area contributed by atoms with Crippen molar-refractivity contribution in [1.82, 2.24) is 20.2 Å². The number of nitrogens with one attached hydrogen (secondary N) is 1. The highest BCUT2D eigenvalue weighted by Crippen LogP contribution is 2.25. The van der Waals surface area contributed by atoms with Gasteiger partial charge in [-0.3, -0.25) is 9.59 Å². The van der Waals surface area contributed by atoms with Crippen molar-refractivity contribution in [2.24, 2.45) is 0 Å². The Bertz CT molecular complexity index is 1010. The smallest absolute Gasteiger partial charge is 0.237 e. The number of hydrogen-bond acceptors (Lipinski definition) is 6. The van der Waals surface area contributed by atoms with E-state index in [1.807, 2.05) is 24.3 Å². The zero-order valence-electron chi connectivity index (χ0n) is 16.8. The first-order valence-corrected chi connectivity index (χ1v) is 10.2. The van der Waals surface area contributed by atoms with E-state index in [4.69, 9.17) is 0 Å². The Kier molecular flexibility index (Phi) is 6.43. The van der Waals surface area contributed by atoms with Crippen LogP contribution in [0.15, 0.2) is 53.7 Å². The minimum atomic E-state index is -0.435. The summed E-state index contributed by atoms with van der Waals surface area (Å²) in [4.78, 5) is 24.1. The predicted octanol–water partition coefficient (Wildman–Crippen LogP) is 4.11. The molecule has 0 saturated heterocycles. The standard InChI is InChI=1S/C21H23N5O2S/c1-13(2)16-8-10-19(11-9-16)26-21(23-24-25-26)29-15(4)20(28)22-18-7-5-6-17(12-18)14(3)27/h5-13,15H,1-4H3,(H,22,28)/t15-/m1/s1. The highest BCUT2D eigenvalue weighted by molar-refractivity contribution is 8.00. The van der Waals surface area contributed by atoms with Crippen LogP contribution in [0.1, 0.15) is 49.5 Å². The fraction of sp³-hybridized carbons (Fsp3) is 0.286. The highest BCUT2D eigenvalue weighted by Gasteiger charge is 2.19. The molecule has 150 valence electrons. The molecule has 1 aromatic heterocycles. The zero-order valence-corrected chi connectivity index (χ0v) is 17.6. The van der Waals surface area contributed by atoms with Gasteiger partial charge in [0.05, 0.1) is 10.9 Å². The van der Waals surface area contributed by atoms with Crippen molar-refractivity contribution in [2.75, 3.05) is 5.32 Å². The van der Waals surface area contributed by atoms with E-state index in [1.54, 1.807) is 35.9 Å². The number of carbonyl (C=O) groups excluding carboxylic acids is 2. The van der Waals surface area contributed by atoms with Crippen LogP contribution in [0.5, 0.6) is 0 Å². The van der Waals surface area contributed by atoms with Gasteiger partial charge in [-0.1, -0.05) is 49.9 Å². The van der Waals surface area contributed by atoms with Gasteiger partial charge in [-0.25, -0.2) is 0 Å². The largest absolute Gasteiger partial charge is 0.325 e. The van der Waals surface area contributed by atoms with Crippen molar-refractivity contribution in [1.29, 1.82) is 0 Å². The molecule has 0 spiro atoms. The lowest BCUT2D eigenvalue weighted by Gasteiger charge is -2.12. The molecule has 3 aromatic rings. The second kappa shape index (κ2) is 9.00. The Morgan fingerprint density at radius 1 is 1.07 bits per heavy atom. The van der Waals surface area contributed by atoms with E-state index in [2.05, 4.69) is 34.7 Å². The molecule has 0 saturated carbocycles. The molecular formula is C21H23N5O2S. The minimum absolute atomic E-state index is 0.0498. The van der Waals surface area contributed by atoms with E-state index in [0.717, 1.165) is 5.69 Å². The van der Waals surface area contributed by atoms with Crippen LogP contribution in [0.25, 0.3) is 5.69 Å². The molecule has 0 fully saturated rings. The van der Waals surface area contributed by atoms with Crippen molar-refractivity contribution in [3.8, 4) is 5.69 Å². The average Bonchev–Trinajstić information content (AvgIpc) is 3.16. The molecule has 0 unspecified atom stereocenters. The second-order valence-electron chi connectivity index (χ2n) is 7.01. The van der Waals surface area contributed by atoms with Gasteiger partial charge in [0.2, 0.25) is 11.1 Å². The zero-order chi connectivity index (χ0) is 21.0. The maximum atomic E-state index is 12.6. The number of amides is 1. The number of ketones is 1. The van der Waals surface area contributed by atoms with E-state index in [1.165, 1.54) is 24.2 Å². The average molecular weight is 410 g/mol.